The van der Waals surface area contributed by atoms with Crippen molar-refractivity contribution in [1.29, 1.82) is 0 Å². The van der Waals surface area contributed by atoms with Crippen LogP contribution in [0.15, 0.2) is 16.9 Å². The number of phenolic OH excluding ortho intramolecular Hbond substituents is 1. The van der Waals surface area contributed by atoms with Gasteiger partial charge in [-0.15, -0.1) is 0 Å². The number of nitrogens with zero attached hydrogens (tertiary/aromatic N) is 2. The molecule has 12 nitrogen and oxygen atoms in total. The largest absolute Gasteiger partial charge is 0.508 e. The molecule has 3 aliphatic rings. The van der Waals surface area contributed by atoms with Crippen molar-refractivity contribution in [2.75, 3.05) is 43.7 Å². The smallest absolute Gasteiger partial charge is 0.255 e. The number of halogens is 2. The van der Waals surface area contributed by atoms with E-state index in [4.69, 9.17) is 17.3 Å². The summed E-state index contributed by atoms with van der Waals surface area (Å²) in [4.78, 5) is 54.4. The Kier molecular flexibility index (Phi) is 7.26. The first-order valence-electron chi connectivity index (χ1n) is 11.9. The van der Waals surface area contributed by atoms with Gasteiger partial charge in [0.15, 0.2) is 17.1 Å². The van der Waals surface area contributed by atoms with Gasteiger partial charge in [0.25, 0.3) is 5.91 Å². The second-order valence-electron chi connectivity index (χ2n) is 10.3. The molecule has 39 heavy (non-hydrogen) atoms. The van der Waals surface area contributed by atoms with Crippen LogP contribution in [0.1, 0.15) is 17.5 Å². The number of nitrogens with one attached hydrogen (secondary N) is 1. The quantitative estimate of drug-likeness (QED) is 0.156. The fourth-order valence-electron chi connectivity index (χ4n) is 6.08. The number of rotatable bonds is 5. The number of hydrogen-bond donors (Lipinski definition) is 6. The molecule has 0 spiro atoms. The van der Waals surface area contributed by atoms with Crippen LogP contribution in [0.5, 0.6) is 5.75 Å². The molecule has 4 rings (SSSR count). The monoisotopic (exact) mass is 626 g/mol. The number of benzene rings is 1. The van der Waals surface area contributed by atoms with Crippen LogP contribution < -0.4 is 16.0 Å². The molecule has 0 aliphatic heterocycles. The van der Waals surface area contributed by atoms with Gasteiger partial charge in [0.1, 0.15) is 22.8 Å². The van der Waals surface area contributed by atoms with E-state index in [-0.39, 0.29) is 40.0 Å². The topological polar surface area (TPSA) is 194 Å². The number of alkyl halides is 1. The first kappa shape index (κ1) is 28.9. The van der Waals surface area contributed by atoms with Crippen LogP contribution in [0.25, 0.3) is 5.76 Å². The van der Waals surface area contributed by atoms with Crippen molar-refractivity contribution < 1.29 is 39.6 Å². The van der Waals surface area contributed by atoms with E-state index in [0.29, 0.717) is 11.3 Å². The Balaban J connectivity index is 2.02. The standard InChI is InChI=1S/C25H28BrClN4O8/c1-30(2)17-9-5-8-6-10-18(31(3)4)21(35)14(24(28)38)23(37)25(10,39)22(36)12(8)19(33)13(9)20(34)16(15(17)27)29-11(32)7-26/h8,10,18,33-34,37,39H,5-7H2,1-4H3,(H2,28,38)(H,29,32)/t8?,10?,18-,25-/m0/s1. The number of aliphatic hydroxyl groups is 3. The molecule has 4 atom stereocenters. The number of nitrogens with two attached hydrogens (primary N) is 1. The third-order valence-corrected chi connectivity index (χ3v) is 8.51. The normalized spacial score (nSPS) is 26.3. The molecule has 14 heteroatoms. The predicted octanol–water partition coefficient (Wildman–Crippen LogP) is 1.02. The van der Waals surface area contributed by atoms with Crippen molar-refractivity contribution >= 4 is 68.0 Å². The Morgan fingerprint density at radius 2 is 1.79 bits per heavy atom. The number of amides is 2. The summed E-state index contributed by atoms with van der Waals surface area (Å²) in [6.07, 6.45) is 0.00108. The molecule has 2 unspecified atom stereocenters. The Labute approximate surface area is 236 Å². The van der Waals surface area contributed by atoms with Gasteiger partial charge in [-0.3, -0.25) is 24.1 Å². The molecule has 1 aromatic rings. The minimum absolute atomic E-state index is 0.00568. The zero-order chi connectivity index (χ0) is 29.3. The van der Waals surface area contributed by atoms with E-state index in [1.165, 1.54) is 19.0 Å². The van der Waals surface area contributed by atoms with Gasteiger partial charge in [0.05, 0.1) is 27.6 Å². The second kappa shape index (κ2) is 9.81. The maximum Gasteiger partial charge on any atom is 0.255 e. The second-order valence-corrected chi connectivity index (χ2v) is 11.2. The number of aromatic hydroxyl groups is 1. The van der Waals surface area contributed by atoms with E-state index in [0.717, 1.165) is 0 Å². The molecule has 210 valence electrons. The van der Waals surface area contributed by atoms with E-state index in [9.17, 15) is 39.6 Å². The van der Waals surface area contributed by atoms with Gasteiger partial charge in [-0.1, -0.05) is 27.5 Å². The molecule has 0 heterocycles. The fraction of sp³-hybridized carbons (Fsp3) is 0.440. The highest BCUT2D eigenvalue weighted by Crippen LogP contribution is 2.56. The molecule has 1 aromatic carbocycles. The Bertz CT molecular complexity index is 1400. The van der Waals surface area contributed by atoms with Gasteiger partial charge < -0.3 is 36.4 Å². The first-order chi connectivity index (χ1) is 18.1. The summed E-state index contributed by atoms with van der Waals surface area (Å²) in [5.41, 5.74) is 1.78. The van der Waals surface area contributed by atoms with Crippen molar-refractivity contribution in [3.63, 3.8) is 0 Å². The molecule has 7 N–H and O–H groups in total. The van der Waals surface area contributed by atoms with E-state index in [1.807, 2.05) is 0 Å². The number of Topliss-reactive ketones (excluding diaryl/α,β-unsaturated/α-hetero) is 2. The molecule has 1 fully saturated rings. The van der Waals surface area contributed by atoms with Crippen LogP contribution in [0.4, 0.5) is 11.4 Å². The Morgan fingerprint density at radius 3 is 2.31 bits per heavy atom. The van der Waals surface area contributed by atoms with Gasteiger partial charge >= 0.3 is 0 Å². The lowest BCUT2D eigenvalue weighted by molar-refractivity contribution is -0.153. The number of anilines is 2. The summed E-state index contributed by atoms with van der Waals surface area (Å²) >= 11 is 9.63. The highest BCUT2D eigenvalue weighted by Gasteiger charge is 2.64. The molecular weight excluding hydrogens is 600 g/mol. The van der Waals surface area contributed by atoms with Crippen LogP contribution in [0.2, 0.25) is 5.02 Å². The highest BCUT2D eigenvalue weighted by molar-refractivity contribution is 9.09. The van der Waals surface area contributed by atoms with Gasteiger partial charge in [-0.05, 0) is 38.4 Å². The summed E-state index contributed by atoms with van der Waals surface area (Å²) in [7, 11) is 6.40. The van der Waals surface area contributed by atoms with Crippen molar-refractivity contribution in [1.82, 2.24) is 4.90 Å². The van der Waals surface area contributed by atoms with Gasteiger partial charge in [0, 0.05) is 25.6 Å². The highest BCUT2D eigenvalue weighted by atomic mass is 79.9. The van der Waals surface area contributed by atoms with Crippen molar-refractivity contribution in [2.24, 2.45) is 17.6 Å². The van der Waals surface area contributed by atoms with Gasteiger partial charge in [-0.25, -0.2) is 0 Å². The summed E-state index contributed by atoms with van der Waals surface area (Å²) in [6, 6.07) is -1.19. The number of primary amides is 1. The van der Waals surface area contributed by atoms with Crippen LogP contribution >= 0.6 is 27.5 Å². The zero-order valence-electron chi connectivity index (χ0n) is 21.5. The minimum Gasteiger partial charge on any atom is -0.508 e. The lowest BCUT2D eigenvalue weighted by Gasteiger charge is -2.50. The van der Waals surface area contributed by atoms with Crippen LogP contribution in [-0.4, -0.2) is 93.9 Å². The fourth-order valence-corrected chi connectivity index (χ4v) is 6.64. The van der Waals surface area contributed by atoms with Gasteiger partial charge in [0.2, 0.25) is 11.7 Å². The molecule has 0 aromatic heterocycles. The summed E-state index contributed by atoms with van der Waals surface area (Å²) in [6.45, 7) is 0. The molecule has 3 aliphatic carbocycles. The SMILES string of the molecule is CN(C)c1c(Cl)c(NC(=O)CBr)c(O)c2c1CC1CC3[C@H](N(C)C)C(=O)C(C(N)=O)=C(O)[C@@]3(O)C(=O)C1=C2O. The lowest BCUT2D eigenvalue weighted by Crippen LogP contribution is -2.65. The lowest BCUT2D eigenvalue weighted by atomic mass is 9.57. The summed E-state index contributed by atoms with van der Waals surface area (Å²) in [5.74, 6) is -8.21. The third-order valence-electron chi connectivity index (χ3n) is 7.63. The van der Waals surface area contributed by atoms with E-state index in [2.05, 4.69) is 21.2 Å². The molecule has 2 amide bonds. The Morgan fingerprint density at radius 1 is 1.18 bits per heavy atom. The number of hydrogen-bond acceptors (Lipinski definition) is 10. The molecule has 0 radical (unpaired) electrons. The number of phenols is 1. The van der Waals surface area contributed by atoms with E-state index < -0.39 is 69.7 Å². The van der Waals surface area contributed by atoms with Crippen LogP contribution in [0.3, 0.4) is 0 Å². The molecular formula is C25H28BrClN4O8. The Hall–Kier alpha value is -3.13. The number of fused-ring (bicyclic) bond motifs is 3. The van der Waals surface area contributed by atoms with Gasteiger partial charge in [-0.2, -0.15) is 0 Å². The number of carbonyl (C=O) groups is 4. The van der Waals surface area contributed by atoms with Crippen molar-refractivity contribution in [3.8, 4) is 5.75 Å². The zero-order valence-corrected chi connectivity index (χ0v) is 23.8. The summed E-state index contributed by atoms with van der Waals surface area (Å²) < 4.78 is 0. The summed E-state index contributed by atoms with van der Waals surface area (Å²) in [5, 5.41) is 47.6. The number of likely N-dealkylation sites (N-methyl/N-ethyl adjacent to an activating group) is 1. The van der Waals surface area contributed by atoms with Crippen molar-refractivity contribution in [3.05, 3.63) is 33.1 Å². The number of aliphatic hydroxyl groups excluding tert-OH is 2. The molecule has 0 saturated heterocycles. The third kappa shape index (κ3) is 4.01. The predicted molar refractivity (Wildman–Crippen MR) is 146 cm³/mol. The van der Waals surface area contributed by atoms with Crippen LogP contribution in [0, 0.1) is 11.8 Å². The maximum absolute atomic E-state index is 14.0. The first-order valence-corrected chi connectivity index (χ1v) is 13.4. The minimum atomic E-state index is -2.75. The van der Waals surface area contributed by atoms with E-state index in [1.54, 1.807) is 19.0 Å². The van der Waals surface area contributed by atoms with Crippen molar-refractivity contribution in [2.45, 2.75) is 24.5 Å². The number of ketones is 2. The maximum atomic E-state index is 14.0. The van der Waals surface area contributed by atoms with E-state index >= 15 is 0 Å². The number of carbonyl (C=O) groups excluding carboxylic acids is 4. The average molecular weight is 628 g/mol. The average Bonchev–Trinajstić information content (AvgIpc) is 2.83. The van der Waals surface area contributed by atoms with Crippen LogP contribution in [-0.2, 0) is 25.6 Å². The molecule has 0 bridgehead atoms. The molecule has 1 saturated carbocycles.